The second-order valence-corrected chi connectivity index (χ2v) is 8.49. The number of benzene rings is 2. The zero-order valence-corrected chi connectivity index (χ0v) is 19.7. The van der Waals surface area contributed by atoms with Crippen LogP contribution in [-0.4, -0.2) is 59.5 Å². The molecule has 0 saturated carbocycles. The molecule has 3 aromatic rings. The maximum Gasteiger partial charge on any atom is 0.419 e. The molecule has 1 N–H and O–H groups in total. The zero-order valence-electron chi connectivity index (χ0n) is 19.7. The molecular formula is C25H30N4O5. The Morgan fingerprint density at radius 1 is 1.15 bits per heavy atom. The lowest BCUT2D eigenvalue weighted by molar-refractivity contribution is -0.134. The number of methoxy groups -OCH3 is 1. The van der Waals surface area contributed by atoms with Crippen molar-refractivity contribution in [2.24, 2.45) is 0 Å². The maximum atomic E-state index is 12.8. The Bertz CT molecular complexity index is 1230. The molecule has 1 aliphatic rings. The lowest BCUT2D eigenvalue weighted by Crippen LogP contribution is -2.51. The number of rotatable bonds is 7. The SMILES string of the molecule is CCCn1c(=O)oc2cc(NC(=O)CN3CCN(C(C)=O)[C@H](c4ccc(OC)cc4)C3)ccc21. The van der Waals surface area contributed by atoms with Gasteiger partial charge in [0, 0.05) is 44.9 Å². The summed E-state index contributed by atoms with van der Waals surface area (Å²) < 4.78 is 12.2. The second-order valence-electron chi connectivity index (χ2n) is 8.49. The van der Waals surface area contributed by atoms with Crippen molar-refractivity contribution in [3.63, 3.8) is 0 Å². The first-order chi connectivity index (χ1) is 16.4. The Balaban J connectivity index is 1.44. The van der Waals surface area contributed by atoms with Crippen LogP contribution in [-0.2, 0) is 16.1 Å². The largest absolute Gasteiger partial charge is 0.497 e. The summed E-state index contributed by atoms with van der Waals surface area (Å²) in [6, 6.07) is 12.8. The number of carbonyl (C=O) groups excluding carboxylic acids is 2. The van der Waals surface area contributed by atoms with Crippen LogP contribution in [0.4, 0.5) is 5.69 Å². The monoisotopic (exact) mass is 466 g/mol. The van der Waals surface area contributed by atoms with E-state index in [1.165, 1.54) is 0 Å². The maximum absolute atomic E-state index is 12.8. The summed E-state index contributed by atoms with van der Waals surface area (Å²) in [6.07, 6.45) is 0.821. The van der Waals surface area contributed by atoms with Crippen LogP contribution in [0.5, 0.6) is 5.75 Å². The third kappa shape index (κ3) is 4.99. The Kier molecular flexibility index (Phi) is 7.02. The molecule has 4 rings (SSSR count). The molecule has 1 saturated heterocycles. The van der Waals surface area contributed by atoms with E-state index in [0.717, 1.165) is 17.7 Å². The number of hydrogen-bond acceptors (Lipinski definition) is 6. The normalized spacial score (nSPS) is 16.6. The molecule has 0 aliphatic carbocycles. The second kappa shape index (κ2) is 10.1. The lowest BCUT2D eigenvalue weighted by Gasteiger charge is -2.41. The molecule has 0 radical (unpaired) electrons. The van der Waals surface area contributed by atoms with Crippen molar-refractivity contribution >= 4 is 28.6 Å². The van der Waals surface area contributed by atoms with Crippen LogP contribution in [0.1, 0.15) is 31.9 Å². The van der Waals surface area contributed by atoms with Gasteiger partial charge in [0.1, 0.15) is 5.75 Å². The minimum Gasteiger partial charge on any atom is -0.497 e. The van der Waals surface area contributed by atoms with Gasteiger partial charge >= 0.3 is 5.76 Å². The van der Waals surface area contributed by atoms with E-state index in [1.807, 2.05) is 41.0 Å². The molecule has 1 fully saturated rings. The molecule has 2 aromatic carbocycles. The van der Waals surface area contributed by atoms with Gasteiger partial charge in [-0.1, -0.05) is 19.1 Å². The first-order valence-electron chi connectivity index (χ1n) is 11.5. The number of nitrogens with one attached hydrogen (secondary N) is 1. The minimum absolute atomic E-state index is 0.00900. The number of amides is 2. The topological polar surface area (TPSA) is 97.0 Å². The van der Waals surface area contributed by atoms with Crippen molar-refractivity contribution < 1.29 is 18.7 Å². The zero-order chi connectivity index (χ0) is 24.2. The molecule has 9 nitrogen and oxygen atoms in total. The van der Waals surface area contributed by atoms with Crippen molar-refractivity contribution in [2.75, 3.05) is 38.6 Å². The number of fused-ring (bicyclic) bond motifs is 1. The summed E-state index contributed by atoms with van der Waals surface area (Å²) in [5, 5.41) is 2.90. The van der Waals surface area contributed by atoms with Gasteiger partial charge in [0.2, 0.25) is 11.8 Å². The van der Waals surface area contributed by atoms with Crippen molar-refractivity contribution in [3.05, 3.63) is 58.6 Å². The van der Waals surface area contributed by atoms with E-state index in [-0.39, 0.29) is 24.4 Å². The van der Waals surface area contributed by atoms with Crippen molar-refractivity contribution in [1.29, 1.82) is 0 Å². The Morgan fingerprint density at radius 3 is 2.59 bits per heavy atom. The number of ether oxygens (including phenoxy) is 1. The smallest absolute Gasteiger partial charge is 0.419 e. The average molecular weight is 467 g/mol. The van der Waals surface area contributed by atoms with Gasteiger partial charge < -0.3 is 19.4 Å². The highest BCUT2D eigenvalue weighted by atomic mass is 16.5. The number of hydrogen-bond donors (Lipinski definition) is 1. The number of nitrogens with zero attached hydrogens (tertiary/aromatic N) is 3. The van der Waals surface area contributed by atoms with Gasteiger partial charge in [-0.2, -0.15) is 0 Å². The van der Waals surface area contributed by atoms with Crippen molar-refractivity contribution in [3.8, 4) is 5.75 Å². The predicted molar refractivity (Wildman–Crippen MR) is 129 cm³/mol. The van der Waals surface area contributed by atoms with Gasteiger partial charge in [-0.15, -0.1) is 0 Å². The van der Waals surface area contributed by atoms with Crippen LogP contribution in [0.2, 0.25) is 0 Å². The number of aryl methyl sites for hydroxylation is 1. The Morgan fingerprint density at radius 2 is 1.91 bits per heavy atom. The molecule has 1 atom stereocenters. The number of aromatic nitrogens is 1. The molecule has 0 bridgehead atoms. The van der Waals surface area contributed by atoms with E-state index in [2.05, 4.69) is 5.32 Å². The van der Waals surface area contributed by atoms with E-state index in [0.29, 0.717) is 43.0 Å². The highest BCUT2D eigenvalue weighted by Gasteiger charge is 2.30. The highest BCUT2D eigenvalue weighted by Crippen LogP contribution is 2.27. The lowest BCUT2D eigenvalue weighted by atomic mass is 10.0. The van der Waals surface area contributed by atoms with Crippen LogP contribution in [0.25, 0.3) is 11.1 Å². The highest BCUT2D eigenvalue weighted by molar-refractivity contribution is 5.94. The molecule has 9 heteroatoms. The summed E-state index contributed by atoms with van der Waals surface area (Å²) in [5.74, 6) is 0.199. The molecule has 1 aromatic heterocycles. The average Bonchev–Trinajstić information content (AvgIpc) is 3.13. The molecule has 0 unspecified atom stereocenters. The van der Waals surface area contributed by atoms with E-state index in [4.69, 9.17) is 9.15 Å². The molecule has 34 heavy (non-hydrogen) atoms. The molecular weight excluding hydrogens is 436 g/mol. The Labute approximate surface area is 197 Å². The predicted octanol–water partition coefficient (Wildman–Crippen LogP) is 2.86. The summed E-state index contributed by atoms with van der Waals surface area (Å²) in [6.45, 7) is 6.04. The van der Waals surface area contributed by atoms with Crippen LogP contribution in [0.15, 0.2) is 51.7 Å². The van der Waals surface area contributed by atoms with Gasteiger partial charge in [-0.3, -0.25) is 19.1 Å². The molecule has 180 valence electrons. The summed E-state index contributed by atoms with van der Waals surface area (Å²) in [4.78, 5) is 40.9. The molecule has 0 spiro atoms. The van der Waals surface area contributed by atoms with Crippen LogP contribution in [0.3, 0.4) is 0 Å². The molecule has 1 aliphatic heterocycles. The quantitative estimate of drug-likeness (QED) is 0.575. The molecule has 2 heterocycles. The van der Waals surface area contributed by atoms with Gasteiger partial charge in [0.25, 0.3) is 0 Å². The van der Waals surface area contributed by atoms with Gasteiger partial charge in [0.15, 0.2) is 5.58 Å². The summed E-state index contributed by atoms with van der Waals surface area (Å²) >= 11 is 0. The first kappa shape index (κ1) is 23.6. The van der Waals surface area contributed by atoms with E-state index in [1.54, 1.807) is 36.8 Å². The fraction of sp³-hybridized carbons (Fsp3) is 0.400. The number of oxazole rings is 1. The van der Waals surface area contributed by atoms with Crippen LogP contribution < -0.4 is 15.8 Å². The van der Waals surface area contributed by atoms with Gasteiger partial charge in [-0.25, -0.2) is 4.79 Å². The standard InChI is InChI=1S/C25H30N4O5/c1-4-11-29-21-10-7-19(14-23(21)34-25(29)32)26-24(31)16-27-12-13-28(17(2)30)22(15-27)18-5-8-20(33-3)9-6-18/h5-10,14,22H,4,11-13,15-16H2,1-3H3,(H,26,31)/t22-/m0/s1. The van der Waals surface area contributed by atoms with Gasteiger partial charge in [-0.05, 0) is 36.2 Å². The Hall–Kier alpha value is -3.59. The fourth-order valence-corrected chi connectivity index (χ4v) is 4.45. The third-order valence-electron chi connectivity index (χ3n) is 6.14. The number of piperazine rings is 1. The van der Waals surface area contributed by atoms with Crippen molar-refractivity contribution in [1.82, 2.24) is 14.4 Å². The van der Waals surface area contributed by atoms with Gasteiger partial charge in [0.05, 0.1) is 25.2 Å². The number of carbonyl (C=O) groups is 2. The summed E-state index contributed by atoms with van der Waals surface area (Å²) in [7, 11) is 1.62. The first-order valence-corrected chi connectivity index (χ1v) is 11.5. The van der Waals surface area contributed by atoms with E-state index >= 15 is 0 Å². The van der Waals surface area contributed by atoms with Crippen LogP contribution >= 0.6 is 0 Å². The van der Waals surface area contributed by atoms with E-state index in [9.17, 15) is 14.4 Å². The minimum atomic E-state index is -0.395. The number of anilines is 1. The summed E-state index contributed by atoms with van der Waals surface area (Å²) in [5.41, 5.74) is 2.74. The molecule has 2 amide bonds. The third-order valence-corrected chi connectivity index (χ3v) is 6.14. The fourth-order valence-electron chi connectivity index (χ4n) is 4.45. The van der Waals surface area contributed by atoms with Crippen LogP contribution in [0, 0.1) is 0 Å². The van der Waals surface area contributed by atoms with E-state index < -0.39 is 5.76 Å². The van der Waals surface area contributed by atoms with Crippen molar-refractivity contribution in [2.45, 2.75) is 32.9 Å².